The first kappa shape index (κ1) is 27.7. The molecule has 0 bridgehead atoms. The lowest BCUT2D eigenvalue weighted by Crippen LogP contribution is -2.46. The Morgan fingerprint density at radius 3 is 1.68 bits per heavy atom. The van der Waals surface area contributed by atoms with Crippen LogP contribution >= 0.6 is 0 Å². The van der Waals surface area contributed by atoms with Crippen molar-refractivity contribution in [2.75, 3.05) is 39.5 Å². The van der Waals surface area contributed by atoms with Gasteiger partial charge < -0.3 is 22.6 Å². The fourth-order valence-corrected chi connectivity index (χ4v) is 8.57. The average molecular weight is 436 g/mol. The van der Waals surface area contributed by atoms with Crippen LogP contribution in [0, 0.1) is 0 Å². The Morgan fingerprint density at radius 1 is 0.786 bits per heavy atom. The predicted molar refractivity (Wildman–Crippen MR) is 120 cm³/mol. The molecule has 0 N–H and O–H groups in total. The zero-order valence-corrected chi connectivity index (χ0v) is 21.5. The first-order valence-corrected chi connectivity index (χ1v) is 15.7. The largest absolute Gasteiger partial charge is 0.519 e. The normalized spacial score (nSPS) is 12.6. The van der Waals surface area contributed by atoms with Crippen LogP contribution in [0.5, 0.6) is 0 Å². The van der Waals surface area contributed by atoms with E-state index in [1.165, 1.54) is 0 Å². The van der Waals surface area contributed by atoms with E-state index in [1.807, 2.05) is 20.8 Å². The van der Waals surface area contributed by atoms with Gasteiger partial charge in [0.25, 0.3) is 14.3 Å². The lowest BCUT2D eigenvalue weighted by Gasteiger charge is -2.30. The van der Waals surface area contributed by atoms with E-state index < -0.39 is 17.1 Å². The molecule has 168 valence electrons. The monoisotopic (exact) mass is 435 g/mol. The molecule has 0 aromatic heterocycles. The van der Waals surface area contributed by atoms with E-state index in [1.54, 1.807) is 0 Å². The summed E-state index contributed by atoms with van der Waals surface area (Å²) in [5.41, 5.74) is 0. The van der Waals surface area contributed by atoms with Crippen molar-refractivity contribution in [3.05, 3.63) is 0 Å². The first-order valence-electron chi connectivity index (χ1n) is 11.3. The molecule has 0 radical (unpaired) electrons. The molecule has 0 aromatic carbocycles. The molecule has 0 aliphatic heterocycles. The van der Waals surface area contributed by atoms with Gasteiger partial charge in [0.05, 0.1) is 6.42 Å². The van der Waals surface area contributed by atoms with Gasteiger partial charge in [-0.1, -0.05) is 27.7 Å². The predicted octanol–water partition coefficient (Wildman–Crippen LogP) is 4.69. The Hall–Kier alpha value is -0.256. The number of carbonyl (C=O) groups excluding carboxylic acids is 1. The summed E-state index contributed by atoms with van der Waals surface area (Å²) in [6, 6.07) is 3.81. The fourth-order valence-electron chi connectivity index (χ4n) is 3.46. The maximum absolute atomic E-state index is 12.4. The molecule has 0 fully saturated rings. The molecule has 6 nitrogen and oxygen atoms in total. The molecular weight excluding hydrogens is 390 g/mol. The van der Waals surface area contributed by atoms with E-state index in [9.17, 15) is 4.79 Å². The molecule has 0 atom stereocenters. The molecule has 0 saturated heterocycles. The van der Waals surface area contributed by atoms with Crippen molar-refractivity contribution in [3.63, 3.8) is 0 Å². The highest BCUT2D eigenvalue weighted by molar-refractivity contribution is 6.74. The van der Waals surface area contributed by atoms with Crippen molar-refractivity contribution >= 4 is 23.1 Å². The van der Waals surface area contributed by atoms with Gasteiger partial charge in [-0.2, -0.15) is 0 Å². The quantitative estimate of drug-likeness (QED) is 0.291. The SMILES string of the molecule is CCO[Si](CCCN(CC)CCC(=O)O[Si](CC)(CC)CC)(OCC)OCC. The van der Waals surface area contributed by atoms with Gasteiger partial charge in [-0.3, -0.25) is 4.79 Å². The number of carbonyl (C=O) groups is 1. The van der Waals surface area contributed by atoms with Crippen molar-refractivity contribution in [3.8, 4) is 0 Å². The Kier molecular flexibility index (Phi) is 15.4. The second kappa shape index (κ2) is 15.6. The van der Waals surface area contributed by atoms with E-state index in [2.05, 4.69) is 32.6 Å². The summed E-state index contributed by atoms with van der Waals surface area (Å²) in [6.07, 6.45) is 1.40. The van der Waals surface area contributed by atoms with E-state index in [-0.39, 0.29) is 5.97 Å². The maximum atomic E-state index is 12.4. The highest BCUT2D eigenvalue weighted by atomic mass is 28.4. The van der Waals surface area contributed by atoms with Crippen LogP contribution < -0.4 is 0 Å². The molecule has 28 heavy (non-hydrogen) atoms. The molecular formula is C20H45NO5Si2. The summed E-state index contributed by atoms with van der Waals surface area (Å²) >= 11 is 0. The summed E-state index contributed by atoms with van der Waals surface area (Å²) in [5, 5.41) is 0. The third-order valence-electron chi connectivity index (χ3n) is 5.39. The first-order chi connectivity index (χ1) is 13.4. The smallest absolute Gasteiger partial charge is 0.500 e. The Morgan fingerprint density at radius 2 is 1.29 bits per heavy atom. The van der Waals surface area contributed by atoms with Crippen LogP contribution in [0.4, 0.5) is 0 Å². The fraction of sp³-hybridized carbons (Fsp3) is 0.950. The standard InChI is InChI=1S/C20H45NO5Si2/c1-8-21(18-16-20(22)26-27(12-5,13-6)14-7)17-15-19-28(23-9-2,24-10-3)25-11-4/h8-19H2,1-7H3. The molecule has 0 spiro atoms. The summed E-state index contributed by atoms with van der Waals surface area (Å²) in [7, 11) is -4.43. The van der Waals surface area contributed by atoms with E-state index in [0.29, 0.717) is 26.2 Å². The highest BCUT2D eigenvalue weighted by Crippen LogP contribution is 2.22. The topological polar surface area (TPSA) is 57.2 Å². The Bertz CT molecular complexity index is 383. The van der Waals surface area contributed by atoms with E-state index >= 15 is 0 Å². The molecule has 0 saturated carbocycles. The van der Waals surface area contributed by atoms with E-state index in [4.69, 9.17) is 17.7 Å². The Labute approximate surface area is 175 Å². The zero-order valence-electron chi connectivity index (χ0n) is 19.5. The van der Waals surface area contributed by atoms with Gasteiger partial charge in [0.2, 0.25) is 0 Å². The lowest BCUT2D eigenvalue weighted by atomic mass is 10.3. The average Bonchev–Trinajstić information content (AvgIpc) is 2.69. The highest BCUT2D eigenvalue weighted by Gasteiger charge is 2.39. The van der Waals surface area contributed by atoms with Crippen molar-refractivity contribution in [2.45, 2.75) is 85.5 Å². The van der Waals surface area contributed by atoms with Gasteiger partial charge in [0, 0.05) is 32.4 Å². The van der Waals surface area contributed by atoms with Crippen molar-refractivity contribution in [1.82, 2.24) is 4.90 Å². The molecule has 0 unspecified atom stereocenters. The van der Waals surface area contributed by atoms with Gasteiger partial charge in [-0.05, 0) is 58.4 Å². The van der Waals surface area contributed by atoms with Gasteiger partial charge >= 0.3 is 8.80 Å². The van der Waals surface area contributed by atoms with Gasteiger partial charge in [0.1, 0.15) is 0 Å². The van der Waals surface area contributed by atoms with Gasteiger partial charge in [-0.25, -0.2) is 0 Å². The zero-order chi connectivity index (χ0) is 21.5. The molecule has 0 rings (SSSR count). The molecule has 0 amide bonds. The van der Waals surface area contributed by atoms with Crippen LogP contribution in [0.1, 0.15) is 61.3 Å². The molecule has 0 aliphatic rings. The summed E-state index contributed by atoms with van der Waals surface area (Å²) in [5.74, 6) is -0.0302. The third-order valence-corrected chi connectivity index (χ3v) is 13.1. The van der Waals surface area contributed by atoms with Crippen LogP contribution in [-0.2, 0) is 22.5 Å². The van der Waals surface area contributed by atoms with Gasteiger partial charge in [0.15, 0.2) is 0 Å². The lowest BCUT2D eigenvalue weighted by molar-refractivity contribution is -0.135. The summed E-state index contributed by atoms with van der Waals surface area (Å²) in [6.45, 7) is 18.9. The third kappa shape index (κ3) is 9.98. The van der Waals surface area contributed by atoms with E-state index in [0.717, 1.165) is 50.2 Å². The molecule has 0 heterocycles. The maximum Gasteiger partial charge on any atom is 0.500 e. The van der Waals surface area contributed by atoms with Crippen LogP contribution in [0.25, 0.3) is 0 Å². The van der Waals surface area contributed by atoms with Gasteiger partial charge in [-0.15, -0.1) is 0 Å². The second-order valence-electron chi connectivity index (χ2n) is 6.99. The Balaban J connectivity index is 4.55. The molecule has 8 heteroatoms. The van der Waals surface area contributed by atoms with Crippen LogP contribution in [0.2, 0.25) is 24.2 Å². The minimum Gasteiger partial charge on any atom is -0.519 e. The number of nitrogens with zero attached hydrogens (tertiary/aromatic N) is 1. The molecule has 0 aliphatic carbocycles. The van der Waals surface area contributed by atoms with Crippen LogP contribution in [-0.4, -0.2) is 67.4 Å². The van der Waals surface area contributed by atoms with Crippen LogP contribution in [0.15, 0.2) is 0 Å². The summed E-state index contributed by atoms with van der Waals surface area (Å²) < 4.78 is 23.7. The molecule has 0 aromatic rings. The minimum absolute atomic E-state index is 0.0302. The van der Waals surface area contributed by atoms with Crippen molar-refractivity contribution < 1.29 is 22.5 Å². The number of hydrogen-bond donors (Lipinski definition) is 0. The summed E-state index contributed by atoms with van der Waals surface area (Å²) in [4.78, 5) is 14.7. The number of hydrogen-bond acceptors (Lipinski definition) is 6. The van der Waals surface area contributed by atoms with Crippen molar-refractivity contribution in [1.29, 1.82) is 0 Å². The van der Waals surface area contributed by atoms with Crippen LogP contribution in [0.3, 0.4) is 0 Å². The number of rotatable bonds is 18. The second-order valence-corrected chi connectivity index (χ2v) is 14.4. The minimum atomic E-state index is -2.58. The van der Waals surface area contributed by atoms with Crippen molar-refractivity contribution in [2.24, 2.45) is 0 Å².